The van der Waals surface area contributed by atoms with Crippen molar-refractivity contribution in [1.82, 2.24) is 4.98 Å². The summed E-state index contributed by atoms with van der Waals surface area (Å²) in [7, 11) is -9.15. The largest absolute Gasteiger partial charge is 0.514 e. The molecule has 0 saturated carbocycles. The Balaban J connectivity index is 1.98. The number of nitrogens with zero attached hydrogens (tertiary/aromatic N) is 1. The van der Waals surface area contributed by atoms with Crippen molar-refractivity contribution < 1.29 is 52.1 Å². The molecule has 14 heteroatoms. The first-order valence-electron chi connectivity index (χ1n) is 9.59. The second-order valence-corrected chi connectivity index (χ2v) is 11.7. The molecule has 0 aliphatic carbocycles. The highest BCUT2D eigenvalue weighted by Gasteiger charge is 2.67. The number of benzene rings is 1. The van der Waals surface area contributed by atoms with Crippen LogP contribution in [0.25, 0.3) is 0 Å². The molecule has 1 saturated heterocycles. The first-order chi connectivity index (χ1) is 15.4. The van der Waals surface area contributed by atoms with Crippen molar-refractivity contribution >= 4 is 21.3 Å². The second kappa shape index (κ2) is 9.52. The van der Waals surface area contributed by atoms with Crippen molar-refractivity contribution in [2.45, 2.75) is 37.7 Å². The number of methoxy groups -OCH3 is 1. The van der Waals surface area contributed by atoms with Crippen LogP contribution < -0.4 is 9.47 Å². The van der Waals surface area contributed by atoms with E-state index < -0.39 is 45.2 Å². The number of rotatable bonds is 6. The van der Waals surface area contributed by atoms with Gasteiger partial charge in [0.1, 0.15) is 11.5 Å². The standard InChI is InChI=1S/C19H23NO11P2/c1-12(2)28-18(21)29-16-7-6-14(27-3)9-15(16)17-30-32(23,24)19(22,33(25,26)31-17)10-13-5-4-8-20-11-13/h4-9,11-12,17,22H,10H2,1-3H3,(H,23,24)(H,25,26). The molecule has 180 valence electrons. The Kier molecular flexibility index (Phi) is 7.30. The summed E-state index contributed by atoms with van der Waals surface area (Å²) < 4.78 is 51.3. The fourth-order valence-electron chi connectivity index (χ4n) is 2.93. The minimum absolute atomic E-state index is 0.191. The summed E-state index contributed by atoms with van der Waals surface area (Å²) >= 11 is 0. The van der Waals surface area contributed by atoms with Crippen LogP contribution in [0.1, 0.15) is 31.3 Å². The van der Waals surface area contributed by atoms with Crippen LogP contribution in [0.2, 0.25) is 0 Å². The molecule has 2 heterocycles. The molecule has 0 radical (unpaired) electrons. The van der Waals surface area contributed by atoms with E-state index in [0.29, 0.717) is 0 Å². The second-order valence-electron chi connectivity index (χ2n) is 7.32. The molecule has 2 atom stereocenters. The molecule has 0 bridgehead atoms. The zero-order valence-electron chi connectivity index (χ0n) is 17.9. The van der Waals surface area contributed by atoms with Crippen molar-refractivity contribution in [2.24, 2.45) is 0 Å². The number of carbonyl (C=O) groups excluding carboxylic acids is 1. The predicted octanol–water partition coefficient (Wildman–Crippen LogP) is 3.32. The molecule has 1 aromatic heterocycles. The van der Waals surface area contributed by atoms with Gasteiger partial charge in [0, 0.05) is 18.8 Å². The van der Waals surface area contributed by atoms with Gasteiger partial charge in [0.05, 0.1) is 18.8 Å². The van der Waals surface area contributed by atoms with E-state index >= 15 is 0 Å². The number of aliphatic hydroxyl groups is 1. The number of hydrogen-bond donors (Lipinski definition) is 3. The molecular weight excluding hydrogens is 480 g/mol. The maximum Gasteiger partial charge on any atom is 0.514 e. The Morgan fingerprint density at radius 2 is 1.88 bits per heavy atom. The van der Waals surface area contributed by atoms with Crippen LogP contribution in [0.3, 0.4) is 0 Å². The van der Waals surface area contributed by atoms with E-state index in [1.54, 1.807) is 13.8 Å². The fraction of sp³-hybridized carbons (Fsp3) is 0.368. The number of pyridine rings is 1. The van der Waals surface area contributed by atoms with Gasteiger partial charge in [-0.05, 0) is 43.7 Å². The first kappa shape index (κ1) is 25.3. The fourth-order valence-corrected chi connectivity index (χ4v) is 6.50. The highest BCUT2D eigenvalue weighted by molar-refractivity contribution is 7.73. The molecule has 1 fully saturated rings. The summed E-state index contributed by atoms with van der Waals surface area (Å²) in [6, 6.07) is 6.79. The summed E-state index contributed by atoms with van der Waals surface area (Å²) in [5.74, 6) is -0.0531. The number of ether oxygens (including phenoxy) is 3. The summed E-state index contributed by atoms with van der Waals surface area (Å²) in [6.07, 6.45) is -1.65. The van der Waals surface area contributed by atoms with Crippen molar-refractivity contribution in [3.8, 4) is 11.5 Å². The van der Waals surface area contributed by atoms with Gasteiger partial charge >= 0.3 is 21.3 Å². The van der Waals surface area contributed by atoms with E-state index in [0.717, 1.165) is 0 Å². The van der Waals surface area contributed by atoms with Crippen LogP contribution in [0.4, 0.5) is 4.79 Å². The molecular formula is C19H23NO11P2. The van der Waals surface area contributed by atoms with E-state index in [1.807, 2.05) is 0 Å². The third-order valence-electron chi connectivity index (χ3n) is 4.54. The molecule has 2 aromatic rings. The average molecular weight is 503 g/mol. The quantitative estimate of drug-likeness (QED) is 0.299. The lowest BCUT2D eigenvalue weighted by Crippen LogP contribution is -2.38. The van der Waals surface area contributed by atoms with Crippen LogP contribution in [-0.2, 0) is 29.3 Å². The van der Waals surface area contributed by atoms with Crippen molar-refractivity contribution in [1.29, 1.82) is 0 Å². The Morgan fingerprint density at radius 3 is 2.42 bits per heavy atom. The van der Waals surface area contributed by atoms with Gasteiger partial charge in [-0.2, -0.15) is 0 Å². The van der Waals surface area contributed by atoms with E-state index in [4.69, 9.17) is 23.3 Å². The lowest BCUT2D eigenvalue weighted by atomic mass is 10.2. The van der Waals surface area contributed by atoms with Gasteiger partial charge in [0.15, 0.2) is 0 Å². The van der Waals surface area contributed by atoms with E-state index in [2.05, 4.69) is 4.98 Å². The highest BCUT2D eigenvalue weighted by Crippen LogP contribution is 2.79. The van der Waals surface area contributed by atoms with Crippen molar-refractivity contribution in [3.05, 3.63) is 53.9 Å². The first-order valence-corrected chi connectivity index (χ1v) is 12.7. The zero-order chi connectivity index (χ0) is 24.4. The zero-order valence-corrected chi connectivity index (χ0v) is 19.6. The van der Waals surface area contributed by atoms with Crippen molar-refractivity contribution in [2.75, 3.05) is 7.11 Å². The normalized spacial score (nSPS) is 29.5. The van der Waals surface area contributed by atoms with Gasteiger partial charge in [-0.1, -0.05) is 6.07 Å². The summed E-state index contributed by atoms with van der Waals surface area (Å²) in [5, 5.41) is 7.65. The molecule has 2 unspecified atom stereocenters. The van der Waals surface area contributed by atoms with Gasteiger partial charge in [-0.3, -0.25) is 23.2 Å². The average Bonchev–Trinajstić information content (AvgIpc) is 2.72. The maximum absolute atomic E-state index is 13.0. The SMILES string of the molecule is COc1ccc(OC(=O)OC(C)C)c(C2OP(=O)(O)C(O)(Cc3cccnc3)P(=O)(O)O2)c1. The summed E-state index contributed by atoms with van der Waals surface area (Å²) in [4.78, 5) is 36.8. The Hall–Kier alpha value is -2.30. The van der Waals surface area contributed by atoms with Gasteiger partial charge in [-0.15, -0.1) is 0 Å². The minimum atomic E-state index is -5.24. The molecule has 3 rings (SSSR count). The molecule has 1 aliphatic heterocycles. The predicted molar refractivity (Wildman–Crippen MR) is 113 cm³/mol. The maximum atomic E-state index is 13.0. The molecule has 1 aliphatic rings. The lowest BCUT2D eigenvalue weighted by Gasteiger charge is -2.41. The Labute approximate surface area is 189 Å². The van der Waals surface area contributed by atoms with Crippen LogP contribution in [0.5, 0.6) is 11.5 Å². The van der Waals surface area contributed by atoms with Gasteiger partial charge < -0.3 is 29.1 Å². The van der Waals surface area contributed by atoms with Gasteiger partial charge in [-0.25, -0.2) is 4.79 Å². The van der Waals surface area contributed by atoms with E-state index in [9.17, 15) is 28.8 Å². The van der Waals surface area contributed by atoms with E-state index in [-0.39, 0.29) is 22.6 Å². The molecule has 3 N–H and O–H groups in total. The van der Waals surface area contributed by atoms with Crippen LogP contribution in [0, 0.1) is 0 Å². The minimum Gasteiger partial charge on any atom is -0.497 e. The van der Waals surface area contributed by atoms with Gasteiger partial charge in [0.25, 0.3) is 5.08 Å². The molecule has 1 aromatic carbocycles. The van der Waals surface area contributed by atoms with E-state index in [1.165, 1.54) is 49.8 Å². The Bertz CT molecular complexity index is 1080. The molecule has 12 nitrogen and oxygen atoms in total. The topological polar surface area (TPSA) is 171 Å². The van der Waals surface area contributed by atoms with Crippen LogP contribution in [0.15, 0.2) is 42.7 Å². The highest BCUT2D eigenvalue weighted by atomic mass is 31.2. The lowest BCUT2D eigenvalue weighted by molar-refractivity contribution is -0.0590. The third kappa shape index (κ3) is 5.28. The molecule has 0 amide bonds. The monoisotopic (exact) mass is 503 g/mol. The number of aromatic nitrogens is 1. The Morgan fingerprint density at radius 1 is 1.21 bits per heavy atom. The van der Waals surface area contributed by atoms with Crippen LogP contribution >= 0.6 is 15.2 Å². The smallest absolute Gasteiger partial charge is 0.497 e. The van der Waals surface area contributed by atoms with Crippen LogP contribution in [-0.4, -0.2) is 44.3 Å². The molecule has 0 spiro atoms. The number of carbonyl (C=O) groups is 1. The van der Waals surface area contributed by atoms with Crippen molar-refractivity contribution in [3.63, 3.8) is 0 Å². The third-order valence-corrected chi connectivity index (χ3v) is 9.14. The van der Waals surface area contributed by atoms with Gasteiger partial charge in [0.2, 0.25) is 6.29 Å². The summed E-state index contributed by atoms with van der Waals surface area (Å²) in [5.41, 5.74) is -0.0296. The summed E-state index contributed by atoms with van der Waals surface area (Å²) in [6.45, 7) is 3.19. The molecule has 33 heavy (non-hydrogen) atoms. The number of hydrogen-bond acceptors (Lipinski definition) is 10.